The second-order valence-electron chi connectivity index (χ2n) is 5.14. The molecule has 1 N–H and O–H groups in total. The SMILES string of the molecule is CC/C(=C\C(=O)O)c1ccc(-c2cc(C)ccc2OC)cc1. The molecule has 0 bridgehead atoms. The first-order valence-corrected chi connectivity index (χ1v) is 7.24. The Hall–Kier alpha value is -2.55. The third-order valence-electron chi connectivity index (χ3n) is 3.60. The maximum absolute atomic E-state index is 10.9. The summed E-state index contributed by atoms with van der Waals surface area (Å²) in [6, 6.07) is 14.0. The van der Waals surface area contributed by atoms with Crippen LogP contribution in [0.15, 0.2) is 48.5 Å². The average Bonchev–Trinajstić information content (AvgIpc) is 2.52. The zero-order valence-electron chi connectivity index (χ0n) is 13.1. The Morgan fingerprint density at radius 3 is 2.41 bits per heavy atom. The van der Waals surface area contributed by atoms with Crippen LogP contribution in [0.5, 0.6) is 5.75 Å². The molecule has 0 aliphatic heterocycles. The second kappa shape index (κ2) is 6.94. The van der Waals surface area contributed by atoms with Crippen LogP contribution >= 0.6 is 0 Å². The van der Waals surface area contributed by atoms with Gasteiger partial charge in [-0.1, -0.05) is 42.8 Å². The molecular weight excluding hydrogens is 276 g/mol. The summed E-state index contributed by atoms with van der Waals surface area (Å²) in [6.07, 6.45) is 1.95. The first-order valence-electron chi connectivity index (χ1n) is 7.24. The van der Waals surface area contributed by atoms with E-state index in [0.717, 1.165) is 28.0 Å². The molecule has 0 saturated carbocycles. The minimum absolute atomic E-state index is 0.680. The quantitative estimate of drug-likeness (QED) is 0.823. The molecule has 3 nitrogen and oxygen atoms in total. The van der Waals surface area contributed by atoms with Crippen LogP contribution in [0.3, 0.4) is 0 Å². The molecular formula is C19H20O3. The monoisotopic (exact) mass is 296 g/mol. The van der Waals surface area contributed by atoms with Crippen molar-refractivity contribution in [2.75, 3.05) is 7.11 Å². The third kappa shape index (κ3) is 3.55. The number of hydrogen-bond donors (Lipinski definition) is 1. The Morgan fingerprint density at radius 2 is 1.86 bits per heavy atom. The van der Waals surface area contributed by atoms with Crippen molar-refractivity contribution in [2.24, 2.45) is 0 Å². The topological polar surface area (TPSA) is 46.5 Å². The molecule has 3 heteroatoms. The summed E-state index contributed by atoms with van der Waals surface area (Å²) >= 11 is 0. The van der Waals surface area contributed by atoms with E-state index >= 15 is 0 Å². The summed E-state index contributed by atoms with van der Waals surface area (Å²) < 4.78 is 5.42. The van der Waals surface area contributed by atoms with E-state index in [1.165, 1.54) is 11.6 Å². The molecule has 0 atom stereocenters. The standard InChI is InChI=1S/C19H20O3/c1-4-14(12-19(20)21)15-6-8-16(9-7-15)17-11-13(2)5-10-18(17)22-3/h5-12H,4H2,1-3H3,(H,20,21)/b14-12+. The number of carboxylic acids is 1. The normalized spacial score (nSPS) is 11.3. The Morgan fingerprint density at radius 1 is 1.18 bits per heavy atom. The van der Waals surface area contributed by atoms with Crippen LogP contribution in [0.25, 0.3) is 16.7 Å². The second-order valence-corrected chi connectivity index (χ2v) is 5.14. The van der Waals surface area contributed by atoms with Crippen molar-refractivity contribution in [2.45, 2.75) is 20.3 Å². The van der Waals surface area contributed by atoms with Gasteiger partial charge in [0.1, 0.15) is 5.75 Å². The maximum atomic E-state index is 10.9. The largest absolute Gasteiger partial charge is 0.496 e. The van der Waals surface area contributed by atoms with E-state index in [4.69, 9.17) is 9.84 Å². The predicted octanol–water partition coefficient (Wildman–Crippen LogP) is 4.55. The van der Waals surface area contributed by atoms with Crippen LogP contribution in [0.1, 0.15) is 24.5 Å². The van der Waals surface area contributed by atoms with Crippen LogP contribution in [0, 0.1) is 6.92 Å². The van der Waals surface area contributed by atoms with E-state index in [0.29, 0.717) is 6.42 Å². The van der Waals surface area contributed by atoms with Crippen LogP contribution in [-0.4, -0.2) is 18.2 Å². The predicted molar refractivity (Wildman–Crippen MR) is 89.1 cm³/mol. The summed E-state index contributed by atoms with van der Waals surface area (Å²) in [7, 11) is 1.66. The van der Waals surface area contributed by atoms with Crippen LogP contribution in [0.4, 0.5) is 0 Å². The van der Waals surface area contributed by atoms with Crippen molar-refractivity contribution < 1.29 is 14.6 Å². The Bertz CT molecular complexity index is 697. The van der Waals surface area contributed by atoms with Crippen molar-refractivity contribution in [3.05, 3.63) is 59.7 Å². The number of allylic oxidation sites excluding steroid dienone is 1. The summed E-state index contributed by atoms with van der Waals surface area (Å²) in [4.78, 5) is 10.9. The number of aryl methyl sites for hydroxylation is 1. The van der Waals surface area contributed by atoms with Gasteiger partial charge in [0.25, 0.3) is 0 Å². The summed E-state index contributed by atoms with van der Waals surface area (Å²) in [5, 5.41) is 8.91. The molecule has 22 heavy (non-hydrogen) atoms. The van der Waals surface area contributed by atoms with E-state index in [9.17, 15) is 4.79 Å². The van der Waals surface area contributed by atoms with Gasteiger partial charge in [-0.05, 0) is 42.2 Å². The number of carboxylic acid groups (broad SMARTS) is 1. The number of ether oxygens (including phenoxy) is 1. The lowest BCUT2D eigenvalue weighted by molar-refractivity contribution is -0.131. The van der Waals surface area contributed by atoms with Crippen molar-refractivity contribution >= 4 is 11.5 Å². The van der Waals surface area contributed by atoms with Gasteiger partial charge in [-0.3, -0.25) is 0 Å². The highest BCUT2D eigenvalue weighted by molar-refractivity contribution is 5.90. The van der Waals surface area contributed by atoms with Crippen LogP contribution in [-0.2, 0) is 4.79 Å². The summed E-state index contributed by atoms with van der Waals surface area (Å²) in [5.74, 6) is -0.0866. The molecule has 0 amide bonds. The van der Waals surface area contributed by atoms with Gasteiger partial charge in [0.15, 0.2) is 0 Å². The molecule has 0 aliphatic rings. The highest BCUT2D eigenvalue weighted by Gasteiger charge is 2.07. The van der Waals surface area contributed by atoms with E-state index in [1.54, 1.807) is 7.11 Å². The first-order chi connectivity index (χ1) is 10.5. The highest BCUT2D eigenvalue weighted by atomic mass is 16.5. The van der Waals surface area contributed by atoms with E-state index in [-0.39, 0.29) is 0 Å². The minimum Gasteiger partial charge on any atom is -0.496 e. The zero-order valence-corrected chi connectivity index (χ0v) is 13.1. The highest BCUT2D eigenvalue weighted by Crippen LogP contribution is 2.32. The van der Waals surface area contributed by atoms with Crippen LogP contribution in [0.2, 0.25) is 0 Å². The molecule has 0 heterocycles. The van der Waals surface area contributed by atoms with E-state index in [2.05, 4.69) is 6.07 Å². The van der Waals surface area contributed by atoms with Crippen molar-refractivity contribution in [1.82, 2.24) is 0 Å². The summed E-state index contributed by atoms with van der Waals surface area (Å²) in [6.45, 7) is 3.99. The van der Waals surface area contributed by atoms with Crippen molar-refractivity contribution in [3.63, 3.8) is 0 Å². The zero-order chi connectivity index (χ0) is 16.1. The minimum atomic E-state index is -0.915. The molecule has 0 aliphatic carbocycles. The molecule has 0 radical (unpaired) electrons. The van der Waals surface area contributed by atoms with Crippen LogP contribution < -0.4 is 4.74 Å². The lowest BCUT2D eigenvalue weighted by atomic mass is 9.97. The lowest BCUT2D eigenvalue weighted by Crippen LogP contribution is -1.93. The molecule has 2 rings (SSSR count). The third-order valence-corrected chi connectivity index (χ3v) is 3.60. The van der Waals surface area contributed by atoms with Gasteiger partial charge in [-0.2, -0.15) is 0 Å². The number of rotatable bonds is 5. The van der Waals surface area contributed by atoms with E-state index in [1.807, 2.05) is 50.2 Å². The molecule has 0 unspecified atom stereocenters. The van der Waals surface area contributed by atoms with Gasteiger partial charge < -0.3 is 9.84 Å². The number of carbonyl (C=O) groups is 1. The van der Waals surface area contributed by atoms with Gasteiger partial charge >= 0.3 is 5.97 Å². The average molecular weight is 296 g/mol. The Balaban J connectivity index is 2.41. The fourth-order valence-electron chi connectivity index (χ4n) is 2.45. The van der Waals surface area contributed by atoms with Crippen molar-refractivity contribution in [3.8, 4) is 16.9 Å². The molecule has 114 valence electrons. The Labute approximate surface area is 130 Å². The number of hydrogen-bond acceptors (Lipinski definition) is 2. The number of aliphatic carboxylic acids is 1. The van der Waals surface area contributed by atoms with E-state index < -0.39 is 5.97 Å². The first kappa shape index (κ1) is 15.8. The number of methoxy groups -OCH3 is 1. The molecule has 0 fully saturated rings. The molecule has 0 spiro atoms. The van der Waals surface area contributed by atoms with Gasteiger partial charge in [0.05, 0.1) is 7.11 Å². The van der Waals surface area contributed by atoms with Gasteiger partial charge in [-0.15, -0.1) is 0 Å². The van der Waals surface area contributed by atoms with Gasteiger partial charge in [0, 0.05) is 11.6 Å². The number of benzene rings is 2. The summed E-state index contributed by atoms with van der Waals surface area (Å²) in [5.41, 5.74) is 5.00. The maximum Gasteiger partial charge on any atom is 0.328 e. The smallest absolute Gasteiger partial charge is 0.328 e. The lowest BCUT2D eigenvalue weighted by Gasteiger charge is -2.11. The fraction of sp³-hybridized carbons (Fsp3) is 0.211. The Kier molecular flexibility index (Phi) is 4.99. The molecule has 0 aromatic heterocycles. The molecule has 0 saturated heterocycles. The van der Waals surface area contributed by atoms with Gasteiger partial charge in [0.2, 0.25) is 0 Å². The fourth-order valence-corrected chi connectivity index (χ4v) is 2.45. The van der Waals surface area contributed by atoms with Crippen molar-refractivity contribution in [1.29, 1.82) is 0 Å². The molecule has 2 aromatic carbocycles. The molecule has 2 aromatic rings. The van der Waals surface area contributed by atoms with Gasteiger partial charge in [-0.25, -0.2) is 4.79 Å².